The van der Waals surface area contributed by atoms with Crippen LogP contribution in [0.15, 0.2) is 18.5 Å². The molecule has 0 unspecified atom stereocenters. The van der Waals surface area contributed by atoms with Crippen LogP contribution < -0.4 is 11.3 Å². The summed E-state index contributed by atoms with van der Waals surface area (Å²) in [4.78, 5) is 14.1. The zero-order valence-electron chi connectivity index (χ0n) is 6.61. The first kappa shape index (κ1) is 7.69. The highest BCUT2D eigenvalue weighted by Gasteiger charge is 2.10. The molecule has 0 aliphatic rings. The molecule has 2 heterocycles. The van der Waals surface area contributed by atoms with Gasteiger partial charge in [0, 0.05) is 11.6 Å². The van der Waals surface area contributed by atoms with E-state index < -0.39 is 5.91 Å². The summed E-state index contributed by atoms with van der Waals surface area (Å²) in [5, 5.41) is 8.05. The van der Waals surface area contributed by atoms with E-state index >= 15 is 0 Å². The zero-order valence-corrected chi connectivity index (χ0v) is 6.61. The number of aromatic nitrogens is 3. The fourth-order valence-corrected chi connectivity index (χ4v) is 1.13. The maximum absolute atomic E-state index is 11.2. The smallest absolute Gasteiger partial charge is 0.286 e. The van der Waals surface area contributed by atoms with Crippen LogP contribution in [0.4, 0.5) is 0 Å². The summed E-state index contributed by atoms with van der Waals surface area (Å²) >= 11 is 0. The van der Waals surface area contributed by atoms with Crippen molar-refractivity contribution in [2.45, 2.75) is 0 Å². The summed E-state index contributed by atoms with van der Waals surface area (Å²) in [6.07, 6.45) is 3.25. The molecule has 0 bridgehead atoms. The molecule has 0 radical (unpaired) electrons. The van der Waals surface area contributed by atoms with E-state index in [-0.39, 0.29) is 5.69 Å². The summed E-state index contributed by atoms with van der Waals surface area (Å²) in [6, 6.07) is 1.74. The number of amides is 1. The van der Waals surface area contributed by atoms with Crippen molar-refractivity contribution in [3.8, 4) is 0 Å². The lowest BCUT2D eigenvalue weighted by Gasteiger charge is -1.97. The zero-order chi connectivity index (χ0) is 9.26. The molecule has 0 aromatic carbocycles. The SMILES string of the molecule is NNC(=O)c1nncc2[nH]ccc12. The van der Waals surface area contributed by atoms with Crippen LogP contribution in [-0.4, -0.2) is 21.1 Å². The number of fused-ring (bicyclic) bond motifs is 1. The van der Waals surface area contributed by atoms with Crippen molar-refractivity contribution < 1.29 is 4.79 Å². The van der Waals surface area contributed by atoms with Crippen LogP contribution in [0, 0.1) is 0 Å². The van der Waals surface area contributed by atoms with Crippen LogP contribution >= 0.6 is 0 Å². The van der Waals surface area contributed by atoms with Crippen LogP contribution in [0.2, 0.25) is 0 Å². The number of aromatic amines is 1. The molecule has 6 nitrogen and oxygen atoms in total. The number of hydrogen-bond acceptors (Lipinski definition) is 4. The third kappa shape index (κ3) is 1.13. The monoisotopic (exact) mass is 177 g/mol. The molecule has 6 heteroatoms. The van der Waals surface area contributed by atoms with Crippen LogP contribution in [0.1, 0.15) is 10.5 Å². The Bertz CT molecular complexity index is 449. The van der Waals surface area contributed by atoms with Crippen molar-refractivity contribution >= 4 is 16.8 Å². The van der Waals surface area contributed by atoms with Crippen molar-refractivity contribution in [2.75, 3.05) is 0 Å². The Morgan fingerprint density at radius 2 is 2.46 bits per heavy atom. The molecule has 0 fully saturated rings. The fraction of sp³-hybridized carbons (Fsp3) is 0. The molecule has 66 valence electrons. The molecule has 0 atom stereocenters. The summed E-state index contributed by atoms with van der Waals surface area (Å²) < 4.78 is 0. The lowest BCUT2D eigenvalue weighted by Crippen LogP contribution is -2.31. The average molecular weight is 177 g/mol. The molecular formula is C7H7N5O. The molecule has 0 saturated carbocycles. The van der Waals surface area contributed by atoms with Gasteiger partial charge in [-0.05, 0) is 6.07 Å². The van der Waals surface area contributed by atoms with Crippen molar-refractivity contribution in [3.05, 3.63) is 24.2 Å². The maximum atomic E-state index is 11.2. The van der Waals surface area contributed by atoms with Crippen LogP contribution in [-0.2, 0) is 0 Å². The minimum Gasteiger partial charge on any atom is -0.360 e. The van der Waals surface area contributed by atoms with Gasteiger partial charge in [-0.1, -0.05) is 0 Å². The molecule has 0 spiro atoms. The first-order chi connectivity index (χ1) is 6.33. The summed E-state index contributed by atoms with van der Waals surface area (Å²) in [6.45, 7) is 0. The Labute approximate surface area is 73.1 Å². The van der Waals surface area contributed by atoms with E-state index in [4.69, 9.17) is 5.84 Å². The van der Waals surface area contributed by atoms with Crippen molar-refractivity contribution in [2.24, 2.45) is 5.84 Å². The second-order valence-corrected chi connectivity index (χ2v) is 2.47. The average Bonchev–Trinajstić information content (AvgIpc) is 2.63. The molecule has 0 aliphatic carbocycles. The number of rotatable bonds is 1. The molecule has 1 amide bonds. The lowest BCUT2D eigenvalue weighted by atomic mass is 10.2. The highest BCUT2D eigenvalue weighted by atomic mass is 16.2. The Hall–Kier alpha value is -1.95. The number of nitrogens with two attached hydrogens (primary N) is 1. The number of hydrogen-bond donors (Lipinski definition) is 3. The van der Waals surface area contributed by atoms with Gasteiger partial charge in [-0.25, -0.2) is 5.84 Å². The lowest BCUT2D eigenvalue weighted by molar-refractivity contribution is 0.0949. The number of hydrazine groups is 1. The molecule has 0 aliphatic heterocycles. The quantitative estimate of drug-likeness (QED) is 0.312. The van der Waals surface area contributed by atoms with Gasteiger partial charge in [0.25, 0.3) is 5.91 Å². The second kappa shape index (κ2) is 2.83. The highest BCUT2D eigenvalue weighted by molar-refractivity contribution is 6.03. The van der Waals surface area contributed by atoms with E-state index in [0.29, 0.717) is 5.39 Å². The van der Waals surface area contributed by atoms with Crippen LogP contribution in [0.5, 0.6) is 0 Å². The molecule has 0 saturated heterocycles. The summed E-state index contributed by atoms with van der Waals surface area (Å²) in [5.41, 5.74) is 2.99. The standard InChI is InChI=1S/C7H7N5O/c8-11-7(13)6-4-1-2-9-5(4)3-10-12-6/h1-3,9H,8H2,(H,11,13). The number of nitrogens with zero attached hydrogens (tertiary/aromatic N) is 2. The van der Waals surface area contributed by atoms with E-state index in [1.165, 1.54) is 0 Å². The van der Waals surface area contributed by atoms with E-state index in [1.807, 2.05) is 5.43 Å². The Balaban J connectivity index is 2.67. The fourth-order valence-electron chi connectivity index (χ4n) is 1.13. The van der Waals surface area contributed by atoms with Gasteiger partial charge in [-0.3, -0.25) is 10.2 Å². The normalized spacial score (nSPS) is 10.2. The van der Waals surface area contributed by atoms with Gasteiger partial charge in [0.1, 0.15) is 0 Å². The number of nitrogens with one attached hydrogen (secondary N) is 2. The largest absolute Gasteiger partial charge is 0.360 e. The van der Waals surface area contributed by atoms with Gasteiger partial charge in [0.05, 0.1) is 11.7 Å². The Morgan fingerprint density at radius 3 is 3.23 bits per heavy atom. The van der Waals surface area contributed by atoms with Gasteiger partial charge < -0.3 is 4.98 Å². The number of carbonyl (C=O) groups is 1. The van der Waals surface area contributed by atoms with Gasteiger partial charge >= 0.3 is 0 Å². The van der Waals surface area contributed by atoms with E-state index in [0.717, 1.165) is 5.52 Å². The Morgan fingerprint density at radius 1 is 1.62 bits per heavy atom. The number of carbonyl (C=O) groups excluding carboxylic acids is 1. The van der Waals surface area contributed by atoms with E-state index in [2.05, 4.69) is 15.2 Å². The predicted octanol–water partition coefficient (Wildman–Crippen LogP) is -0.439. The van der Waals surface area contributed by atoms with Crippen LogP contribution in [0.3, 0.4) is 0 Å². The first-order valence-electron chi connectivity index (χ1n) is 3.62. The minimum absolute atomic E-state index is 0.223. The van der Waals surface area contributed by atoms with Gasteiger partial charge in [-0.2, -0.15) is 5.10 Å². The predicted molar refractivity (Wildman–Crippen MR) is 45.5 cm³/mol. The third-order valence-electron chi connectivity index (χ3n) is 1.72. The van der Waals surface area contributed by atoms with E-state index in [1.54, 1.807) is 18.5 Å². The molecule has 13 heavy (non-hydrogen) atoms. The highest BCUT2D eigenvalue weighted by Crippen LogP contribution is 2.12. The second-order valence-electron chi connectivity index (χ2n) is 2.47. The number of nitrogen functional groups attached to an aromatic ring is 1. The number of H-pyrrole nitrogens is 1. The minimum atomic E-state index is -0.447. The van der Waals surface area contributed by atoms with Gasteiger partial charge in [0.2, 0.25) is 0 Å². The van der Waals surface area contributed by atoms with Crippen molar-refractivity contribution in [1.82, 2.24) is 20.6 Å². The molecule has 2 aromatic heterocycles. The van der Waals surface area contributed by atoms with Crippen molar-refractivity contribution in [1.29, 1.82) is 0 Å². The van der Waals surface area contributed by atoms with Crippen molar-refractivity contribution in [3.63, 3.8) is 0 Å². The molecule has 4 N–H and O–H groups in total. The topological polar surface area (TPSA) is 96.7 Å². The van der Waals surface area contributed by atoms with E-state index in [9.17, 15) is 4.79 Å². The molecule has 2 rings (SSSR count). The van der Waals surface area contributed by atoms with Gasteiger partial charge in [0.15, 0.2) is 5.69 Å². The third-order valence-corrected chi connectivity index (χ3v) is 1.72. The summed E-state index contributed by atoms with van der Waals surface area (Å²) in [5.74, 6) is 4.54. The summed E-state index contributed by atoms with van der Waals surface area (Å²) in [7, 11) is 0. The van der Waals surface area contributed by atoms with Crippen LogP contribution in [0.25, 0.3) is 10.9 Å². The molecule has 2 aromatic rings. The maximum Gasteiger partial charge on any atom is 0.286 e. The van der Waals surface area contributed by atoms with Gasteiger partial charge in [-0.15, -0.1) is 5.10 Å². The first-order valence-corrected chi connectivity index (χ1v) is 3.62. The molecular weight excluding hydrogens is 170 g/mol. The Kier molecular flexibility index (Phi) is 1.67.